The number of hydrogen-bond acceptors (Lipinski definition) is 6. The Labute approximate surface area is 329 Å². The van der Waals surface area contributed by atoms with Crippen LogP contribution in [0.25, 0.3) is 64.6 Å². The maximum atomic E-state index is 5.57. The first-order chi connectivity index (χ1) is 28.6. The molecule has 4 aliphatic heterocycles. The summed E-state index contributed by atoms with van der Waals surface area (Å²) in [5.74, 6) is 4.06. The number of benzene rings is 8. The molecule has 8 nitrogen and oxygen atoms in total. The van der Waals surface area contributed by atoms with E-state index in [-0.39, 0.29) is 6.17 Å². The first kappa shape index (κ1) is 30.4. The molecule has 0 saturated carbocycles. The molecule has 268 valence electrons. The number of aromatic nitrogens is 2. The minimum atomic E-state index is -0.372. The van der Waals surface area contributed by atoms with E-state index in [4.69, 9.17) is 30.0 Å². The second-order valence-electron chi connectivity index (χ2n) is 15.6. The van der Waals surface area contributed by atoms with Gasteiger partial charge in [-0.25, -0.2) is 30.0 Å². The summed E-state index contributed by atoms with van der Waals surface area (Å²) in [6.07, 6.45) is -0.372. The first-order valence-electron chi connectivity index (χ1n) is 19.6. The molecule has 0 radical (unpaired) electrons. The largest absolute Gasteiger partial charge is 0.288 e. The van der Waals surface area contributed by atoms with Crippen LogP contribution in [0.5, 0.6) is 0 Å². The van der Waals surface area contributed by atoms with Crippen molar-refractivity contribution in [3.05, 3.63) is 179 Å². The van der Waals surface area contributed by atoms with E-state index in [2.05, 4.69) is 162 Å². The van der Waals surface area contributed by atoms with E-state index >= 15 is 0 Å². The zero-order valence-corrected chi connectivity index (χ0v) is 31.0. The van der Waals surface area contributed by atoms with Gasteiger partial charge in [-0.15, -0.1) is 0 Å². The average molecular weight is 741 g/mol. The third-order valence-corrected chi connectivity index (χ3v) is 12.4. The Kier molecular flexibility index (Phi) is 5.61. The van der Waals surface area contributed by atoms with Crippen LogP contribution >= 0.6 is 0 Å². The van der Waals surface area contributed by atoms with Crippen LogP contribution in [0, 0.1) is 0 Å². The lowest BCUT2D eigenvalue weighted by Crippen LogP contribution is -2.35. The smallest absolute Gasteiger partial charge is 0.164 e. The van der Waals surface area contributed by atoms with Gasteiger partial charge in [-0.2, -0.15) is 0 Å². The van der Waals surface area contributed by atoms with Crippen molar-refractivity contribution >= 4 is 99.6 Å². The number of nitrogens with zero attached hydrogens (tertiary/aromatic N) is 8. The quantitative estimate of drug-likeness (QED) is 0.148. The first-order valence-corrected chi connectivity index (χ1v) is 19.6. The van der Waals surface area contributed by atoms with Crippen molar-refractivity contribution in [3.8, 4) is 0 Å². The molecule has 0 spiro atoms. The van der Waals surface area contributed by atoms with Crippen LogP contribution in [0.2, 0.25) is 0 Å². The Bertz CT molecular complexity index is 3630. The molecule has 8 aromatic carbocycles. The van der Waals surface area contributed by atoms with Crippen molar-refractivity contribution in [1.82, 2.24) is 9.13 Å². The van der Waals surface area contributed by atoms with E-state index in [1.165, 1.54) is 0 Å². The highest BCUT2D eigenvalue weighted by molar-refractivity contribution is 6.27. The van der Waals surface area contributed by atoms with Crippen LogP contribution < -0.4 is 11.0 Å². The normalized spacial score (nSPS) is 19.2. The predicted octanol–water partition coefficient (Wildman–Crippen LogP) is 10.2. The van der Waals surface area contributed by atoms with Crippen LogP contribution in [0.4, 0.5) is 11.6 Å². The summed E-state index contributed by atoms with van der Waals surface area (Å²) in [6.45, 7) is 2.21. The molecular weight excluding hydrogens is 713 g/mol. The van der Waals surface area contributed by atoms with Crippen molar-refractivity contribution in [3.63, 3.8) is 0 Å². The summed E-state index contributed by atoms with van der Waals surface area (Å²) in [7, 11) is 0. The molecule has 0 aliphatic carbocycles. The highest BCUT2D eigenvalue weighted by Crippen LogP contribution is 2.45. The van der Waals surface area contributed by atoms with Gasteiger partial charge in [0.1, 0.15) is 28.8 Å². The average Bonchev–Trinajstić information content (AvgIpc) is 3.95. The predicted molar refractivity (Wildman–Crippen MR) is 235 cm³/mol. The standard InChI is InChI=1S/C50H28N8/c1-26-57-47-39-22-31-14-6-7-15-32(31)23-40(39)49(57)55-45-37-20-29-12-4-5-13-30(29)21-38(37)46(52-45)56-50-42-25-34-17-9-8-16-33(34)24-41(42)48(58(26)50)54-44-36-19-28-11-3-2-10-27(28)18-35(36)43(51-44)53-47/h2-26H,1H3/b53-43-,53-47?,54-44?,54-48-,55-45-,55-49?,56-46?,56-50-. The lowest BCUT2D eigenvalue weighted by Gasteiger charge is -2.21. The molecule has 10 aromatic rings. The van der Waals surface area contributed by atoms with Crippen LogP contribution in [0.15, 0.2) is 176 Å². The van der Waals surface area contributed by atoms with Crippen molar-refractivity contribution in [2.24, 2.45) is 30.0 Å². The van der Waals surface area contributed by atoms with E-state index in [0.29, 0.717) is 23.3 Å². The van der Waals surface area contributed by atoms with Gasteiger partial charge in [-0.05, 0) is 98.5 Å². The van der Waals surface area contributed by atoms with E-state index < -0.39 is 0 Å². The molecule has 1 atom stereocenters. The summed E-state index contributed by atoms with van der Waals surface area (Å²) < 4.78 is 4.53. The van der Waals surface area contributed by atoms with Crippen LogP contribution in [-0.4, -0.2) is 32.5 Å². The Balaban J connectivity index is 1.24. The topological polar surface area (TPSA) is 84.0 Å². The summed E-state index contributed by atoms with van der Waals surface area (Å²) in [4.78, 5) is 32.9. The Hall–Kier alpha value is -7.84. The van der Waals surface area contributed by atoms with Gasteiger partial charge in [-0.3, -0.25) is 9.13 Å². The molecule has 0 N–H and O–H groups in total. The molecule has 6 bridgehead atoms. The summed E-state index contributed by atoms with van der Waals surface area (Å²) >= 11 is 0. The number of rotatable bonds is 0. The molecule has 2 aromatic heterocycles. The van der Waals surface area contributed by atoms with Gasteiger partial charge < -0.3 is 0 Å². The zero-order chi connectivity index (χ0) is 37.8. The van der Waals surface area contributed by atoms with Gasteiger partial charge in [0.15, 0.2) is 23.3 Å². The van der Waals surface area contributed by atoms with Crippen molar-refractivity contribution in [2.45, 2.75) is 13.1 Å². The fourth-order valence-electron chi connectivity index (χ4n) is 9.62. The number of hydrogen-bond donors (Lipinski definition) is 0. The van der Waals surface area contributed by atoms with Gasteiger partial charge in [0, 0.05) is 43.8 Å². The number of fused-ring (bicyclic) bond motifs is 18. The van der Waals surface area contributed by atoms with Crippen LogP contribution in [0.3, 0.4) is 0 Å². The molecular formula is C50H28N8. The molecule has 0 saturated heterocycles. The summed E-state index contributed by atoms with van der Waals surface area (Å²) in [5.41, 5.74) is 5.36. The van der Waals surface area contributed by atoms with Gasteiger partial charge in [0.2, 0.25) is 0 Å². The minimum Gasteiger partial charge on any atom is -0.288 e. The van der Waals surface area contributed by atoms with E-state index in [1.807, 2.05) is 0 Å². The fourth-order valence-corrected chi connectivity index (χ4v) is 9.62. The molecule has 14 rings (SSSR count). The van der Waals surface area contributed by atoms with Gasteiger partial charge in [0.25, 0.3) is 0 Å². The third kappa shape index (κ3) is 3.97. The summed E-state index contributed by atoms with van der Waals surface area (Å²) in [6, 6.07) is 51.7. The van der Waals surface area contributed by atoms with Crippen molar-refractivity contribution in [1.29, 1.82) is 0 Å². The minimum absolute atomic E-state index is 0.372. The maximum Gasteiger partial charge on any atom is 0.164 e. The van der Waals surface area contributed by atoms with Crippen LogP contribution in [-0.2, 0) is 0 Å². The fraction of sp³-hybridized carbons (Fsp3) is 0.0400. The lowest BCUT2D eigenvalue weighted by molar-refractivity contribution is 0.454. The van der Waals surface area contributed by atoms with E-state index in [0.717, 1.165) is 109 Å². The lowest BCUT2D eigenvalue weighted by atomic mass is 10.0. The highest BCUT2D eigenvalue weighted by Gasteiger charge is 2.33. The van der Waals surface area contributed by atoms with Crippen LogP contribution in [0.1, 0.15) is 35.3 Å². The molecule has 1 unspecified atom stereocenters. The molecule has 6 heterocycles. The van der Waals surface area contributed by atoms with Gasteiger partial charge in [0.05, 0.1) is 0 Å². The molecule has 58 heavy (non-hydrogen) atoms. The monoisotopic (exact) mass is 740 g/mol. The van der Waals surface area contributed by atoms with Gasteiger partial charge >= 0.3 is 0 Å². The Morgan fingerprint density at radius 3 is 0.966 bits per heavy atom. The van der Waals surface area contributed by atoms with Gasteiger partial charge in [-0.1, -0.05) is 97.1 Å². The van der Waals surface area contributed by atoms with E-state index in [9.17, 15) is 0 Å². The number of aliphatic imine (C=N–C) groups is 4. The SMILES string of the molecule is CC1n2c3c4cc5ccccc5cc4c2/N=C2N=C(/N=c4/c5cc6ccccc6cc5/c(n41)=N/C1=NC(=N\3)/c3cc4ccccc4cc31)c1cc3ccccc3cc1\2. The van der Waals surface area contributed by atoms with Crippen molar-refractivity contribution < 1.29 is 0 Å². The molecule has 8 heteroatoms. The summed E-state index contributed by atoms with van der Waals surface area (Å²) in [5, 5.41) is 13.0. The maximum absolute atomic E-state index is 5.57. The second kappa shape index (κ2) is 10.7. The Morgan fingerprint density at radius 2 is 0.621 bits per heavy atom. The molecule has 0 amide bonds. The van der Waals surface area contributed by atoms with E-state index in [1.54, 1.807) is 0 Å². The third-order valence-electron chi connectivity index (χ3n) is 12.4. The number of amidine groups is 4. The highest BCUT2D eigenvalue weighted by atomic mass is 15.3. The zero-order valence-electron chi connectivity index (χ0n) is 31.0. The van der Waals surface area contributed by atoms with Crippen molar-refractivity contribution in [2.75, 3.05) is 0 Å². The molecule has 4 aliphatic rings. The molecule has 0 fully saturated rings. The Morgan fingerprint density at radius 1 is 0.328 bits per heavy atom. The second-order valence-corrected chi connectivity index (χ2v) is 15.6.